The fourth-order valence-electron chi connectivity index (χ4n) is 8.73. The SMILES string of the molecule is COc1ccc(COC(=O)C2=C(CSc3nc(N)cc(N)[n+]3-c3ccc(Cl)cc3)CSC3C(NC(=O)/C(=N\OC(C)(C)C(=O)OC(C)(C)C)c4csc(NC(c5ccccc5)(c5ccccc5)c5ccccc5)n4)C(=O)N23)cc1.[Cl-]. The number of carbonyl (C=O) groups is 4. The number of esters is 2. The number of hydrogen-bond donors (Lipinski definition) is 4. The zero-order chi connectivity index (χ0) is 56.1. The molecule has 4 heterocycles. The number of benzene rings is 5. The number of methoxy groups -OCH3 is 1. The summed E-state index contributed by atoms with van der Waals surface area (Å²) in [5.74, 6) is -1.36. The highest BCUT2D eigenvalue weighted by atomic mass is 35.5. The molecule has 2 unspecified atom stereocenters. The number of thiazole rings is 1. The molecule has 1 saturated heterocycles. The predicted molar refractivity (Wildman–Crippen MR) is 308 cm³/mol. The van der Waals surface area contributed by atoms with Gasteiger partial charge in [-0.3, -0.25) is 14.5 Å². The zero-order valence-electron chi connectivity index (χ0n) is 44.3. The summed E-state index contributed by atoms with van der Waals surface area (Å²) in [5, 5.41) is 13.2. The molecular formula is C58H57Cl2N9O8S3. The van der Waals surface area contributed by atoms with Gasteiger partial charge >= 0.3 is 17.1 Å². The van der Waals surface area contributed by atoms with Crippen molar-refractivity contribution in [2.24, 2.45) is 5.16 Å². The number of rotatable bonds is 19. The van der Waals surface area contributed by atoms with Gasteiger partial charge in [0.05, 0.1) is 13.2 Å². The lowest BCUT2D eigenvalue weighted by Gasteiger charge is -2.49. The number of fused-ring (bicyclic) bond motifs is 1. The fourth-order valence-corrected chi connectivity index (χ4v) is 12.1. The number of hydrogen-bond acceptors (Lipinski definition) is 17. The first kappa shape index (κ1) is 58.5. The van der Waals surface area contributed by atoms with Crippen LogP contribution in [0.5, 0.6) is 5.75 Å². The van der Waals surface area contributed by atoms with E-state index in [0.717, 1.165) is 16.7 Å². The number of amides is 2. The van der Waals surface area contributed by atoms with Crippen LogP contribution < -0.4 is 43.8 Å². The fraction of sp³-hybridized carbons (Fsp3) is 0.241. The molecule has 9 rings (SSSR count). The Balaban J connectivity index is 0.00000841. The second-order valence-corrected chi connectivity index (χ2v) is 23.1. The highest BCUT2D eigenvalue weighted by Gasteiger charge is 2.55. The molecular weight excluding hydrogens is 1120 g/mol. The van der Waals surface area contributed by atoms with Crippen LogP contribution in [0.3, 0.4) is 0 Å². The van der Waals surface area contributed by atoms with E-state index in [1.807, 2.05) is 91.0 Å². The molecule has 2 aromatic heterocycles. The minimum Gasteiger partial charge on any atom is -1.00 e. The number of nitrogens with one attached hydrogen (secondary N) is 2. The largest absolute Gasteiger partial charge is 1.00 e. The normalized spacial score (nSPS) is 15.4. The zero-order valence-corrected chi connectivity index (χ0v) is 48.3. The van der Waals surface area contributed by atoms with Gasteiger partial charge in [0.1, 0.15) is 52.0 Å². The maximum absolute atomic E-state index is 14.9. The van der Waals surface area contributed by atoms with Crippen LogP contribution >= 0.6 is 46.5 Å². The van der Waals surface area contributed by atoms with Gasteiger partial charge in [0.15, 0.2) is 10.8 Å². The Labute approximate surface area is 486 Å². The van der Waals surface area contributed by atoms with Crippen molar-refractivity contribution in [2.75, 3.05) is 35.4 Å². The number of ether oxygens (including phenoxy) is 3. The molecule has 0 bridgehead atoms. The molecule has 2 atom stereocenters. The van der Waals surface area contributed by atoms with Gasteiger partial charge in [-0.15, -0.1) is 23.1 Å². The number of nitrogens with zero attached hydrogens (tertiary/aromatic N) is 5. The highest BCUT2D eigenvalue weighted by Crippen LogP contribution is 2.43. The maximum atomic E-state index is 14.9. The van der Waals surface area contributed by atoms with E-state index >= 15 is 0 Å². The smallest absolute Gasteiger partial charge is 0.355 e. The molecule has 2 aliphatic heterocycles. The van der Waals surface area contributed by atoms with Crippen molar-refractivity contribution in [2.45, 2.75) is 74.5 Å². The third-order valence-electron chi connectivity index (χ3n) is 12.6. The number of aromatic nitrogens is 3. The number of halogens is 2. The number of nitrogen functional groups attached to an aromatic ring is 2. The van der Waals surface area contributed by atoms with Gasteiger partial charge in [0.25, 0.3) is 11.8 Å². The Kier molecular flexibility index (Phi) is 18.1. The van der Waals surface area contributed by atoms with Crippen molar-refractivity contribution in [3.05, 3.63) is 195 Å². The number of anilines is 3. The third-order valence-corrected chi connectivity index (χ3v) is 16.0. The number of oxime groups is 1. The Hall–Kier alpha value is -7.62. The van der Waals surface area contributed by atoms with Gasteiger partial charge in [-0.1, -0.05) is 125 Å². The predicted octanol–water partition coefficient (Wildman–Crippen LogP) is 6.08. The van der Waals surface area contributed by atoms with E-state index in [-0.39, 0.29) is 53.4 Å². The molecule has 80 heavy (non-hydrogen) atoms. The second kappa shape index (κ2) is 24.8. The molecule has 414 valence electrons. The summed E-state index contributed by atoms with van der Waals surface area (Å²) in [6.07, 6.45) is 0. The van der Waals surface area contributed by atoms with Crippen molar-refractivity contribution >= 4 is 92.7 Å². The molecule has 5 aromatic carbocycles. The Morgan fingerprint density at radius 3 is 2.02 bits per heavy atom. The van der Waals surface area contributed by atoms with Crippen LogP contribution in [0.2, 0.25) is 5.02 Å². The first-order chi connectivity index (χ1) is 37.8. The van der Waals surface area contributed by atoms with Gasteiger partial charge in [-0.05, 0) is 111 Å². The standard InChI is InChI=1S/C58H56ClN9O8S3.ClH/c1-56(2,3)75-53(72)57(4,5)76-66-46(43-34-78-54(62-43)65-58(37-16-10-7-11-17-37,38-18-12-8-13-19-38)39-20-14-9-15-21-39)49(69)64-47-50(70)68-48(52(71)74-31-35-22-28-42(73-6)29-23-35)36(32-77-51(47)68)33-79-55-63-44(60)30-45(61)67(55)41-26-24-40(59)25-27-41;/h7-30,34,47,51H,31-33H2,1-6H3,(H5,60,61,62,64,65,69);1H/b66-46-;. The second-order valence-electron chi connectivity index (χ2n) is 19.8. The van der Waals surface area contributed by atoms with Crippen LogP contribution in [-0.2, 0) is 45.6 Å². The molecule has 2 aliphatic rings. The van der Waals surface area contributed by atoms with Crippen LogP contribution in [0.15, 0.2) is 173 Å². The van der Waals surface area contributed by atoms with E-state index in [4.69, 9.17) is 47.1 Å². The van der Waals surface area contributed by atoms with Crippen LogP contribution in [0.1, 0.15) is 62.6 Å². The average Bonchev–Trinajstić information content (AvgIpc) is 3.95. The molecule has 22 heteroatoms. The van der Waals surface area contributed by atoms with Crippen LogP contribution in [0, 0.1) is 0 Å². The highest BCUT2D eigenvalue weighted by molar-refractivity contribution is 8.01. The molecule has 17 nitrogen and oxygen atoms in total. The van der Waals surface area contributed by atoms with Crippen molar-refractivity contribution in [3.8, 4) is 11.4 Å². The molecule has 1 fully saturated rings. The molecule has 6 N–H and O–H groups in total. The van der Waals surface area contributed by atoms with Gasteiger partial charge in [-0.25, -0.2) is 14.6 Å². The molecule has 0 saturated carbocycles. The summed E-state index contributed by atoms with van der Waals surface area (Å²) in [6.45, 7) is 8.01. The van der Waals surface area contributed by atoms with Crippen molar-refractivity contribution < 1.29 is 55.2 Å². The monoisotopic (exact) mass is 1170 g/mol. The molecule has 7 aromatic rings. The summed E-state index contributed by atoms with van der Waals surface area (Å²) < 4.78 is 18.6. The third kappa shape index (κ3) is 12.8. The Morgan fingerprint density at radius 2 is 1.45 bits per heavy atom. The van der Waals surface area contributed by atoms with Crippen LogP contribution in [0.25, 0.3) is 5.69 Å². The first-order valence-corrected chi connectivity index (χ1v) is 28.2. The Morgan fingerprint density at radius 1 is 0.850 bits per heavy atom. The maximum Gasteiger partial charge on any atom is 0.355 e. The van der Waals surface area contributed by atoms with Gasteiger partial charge in [0.2, 0.25) is 17.2 Å². The quantitative estimate of drug-likeness (QED) is 0.0105. The number of nitrogens with two attached hydrogens (primary N) is 2. The van der Waals surface area contributed by atoms with Crippen LogP contribution in [-0.4, -0.2) is 85.6 Å². The minimum atomic E-state index is -1.68. The average molecular weight is 1180 g/mol. The lowest BCUT2D eigenvalue weighted by molar-refractivity contribution is -0.626. The van der Waals surface area contributed by atoms with Gasteiger partial charge < -0.3 is 53.6 Å². The van der Waals surface area contributed by atoms with Crippen molar-refractivity contribution in [1.82, 2.24) is 20.2 Å². The number of thioether (sulfide) groups is 2. The summed E-state index contributed by atoms with van der Waals surface area (Å²) in [5.41, 5.74) is 13.7. The topological polar surface area (TPSA) is 227 Å². The lowest BCUT2D eigenvalue weighted by atomic mass is 9.77. The molecule has 0 spiro atoms. The summed E-state index contributed by atoms with van der Waals surface area (Å²) in [4.78, 5) is 74.2. The number of carbonyl (C=O) groups excluding carboxylic acids is 4. The molecule has 0 radical (unpaired) electrons. The molecule has 0 aliphatic carbocycles. The van der Waals surface area contributed by atoms with Crippen LogP contribution in [0.4, 0.5) is 16.8 Å². The van der Waals surface area contributed by atoms with E-state index in [9.17, 15) is 19.2 Å². The van der Waals surface area contributed by atoms with E-state index in [2.05, 4.69) is 20.8 Å². The van der Waals surface area contributed by atoms with E-state index in [1.165, 1.54) is 59.7 Å². The van der Waals surface area contributed by atoms with Crippen molar-refractivity contribution in [3.63, 3.8) is 0 Å². The van der Waals surface area contributed by atoms with E-state index in [0.29, 0.717) is 43.7 Å². The van der Waals surface area contributed by atoms with Gasteiger partial charge in [-0.2, -0.15) is 4.57 Å². The Bertz CT molecular complexity index is 3340. The van der Waals surface area contributed by atoms with E-state index < -0.39 is 51.9 Å². The van der Waals surface area contributed by atoms with E-state index in [1.54, 1.807) is 86.4 Å². The van der Waals surface area contributed by atoms with Crippen molar-refractivity contribution in [1.29, 1.82) is 0 Å². The first-order valence-electron chi connectivity index (χ1n) is 24.9. The summed E-state index contributed by atoms with van der Waals surface area (Å²) in [7, 11) is 1.56. The number of β-lactam (4-membered cyclic amide) rings is 1. The minimum absolute atomic E-state index is 0. The summed E-state index contributed by atoms with van der Waals surface area (Å²) >= 11 is 10.1. The summed E-state index contributed by atoms with van der Waals surface area (Å²) in [6, 6.07) is 44.3. The lowest BCUT2D eigenvalue weighted by Crippen LogP contribution is -3.00. The molecule has 2 amide bonds. The van der Waals surface area contributed by atoms with Gasteiger partial charge in [0, 0.05) is 21.9 Å².